The summed E-state index contributed by atoms with van der Waals surface area (Å²) >= 11 is 0. The summed E-state index contributed by atoms with van der Waals surface area (Å²) in [4.78, 5) is 16.4. The zero-order valence-corrected chi connectivity index (χ0v) is 16.6. The molecule has 0 radical (unpaired) electrons. The van der Waals surface area contributed by atoms with E-state index in [-0.39, 0.29) is 5.91 Å². The van der Waals surface area contributed by atoms with Crippen LogP contribution in [0.3, 0.4) is 0 Å². The molecular formula is C24H18N6O. The topological polar surface area (TPSA) is 85.1 Å². The molecule has 7 heteroatoms. The first-order valence-electron chi connectivity index (χ1n) is 10.2. The summed E-state index contributed by atoms with van der Waals surface area (Å²) in [6.45, 7) is 0.665. The zero-order chi connectivity index (χ0) is 20.8. The highest BCUT2D eigenvalue weighted by Gasteiger charge is 2.17. The summed E-state index contributed by atoms with van der Waals surface area (Å²) < 4.78 is 1.80. The van der Waals surface area contributed by atoms with Crippen molar-refractivity contribution in [1.82, 2.24) is 30.1 Å². The van der Waals surface area contributed by atoms with Crippen LogP contribution in [-0.4, -0.2) is 37.2 Å². The van der Waals surface area contributed by atoms with Crippen LogP contribution < -0.4 is 5.32 Å². The molecule has 5 aromatic rings. The Kier molecular flexibility index (Phi) is 3.99. The molecule has 150 valence electrons. The van der Waals surface area contributed by atoms with Crippen molar-refractivity contribution in [1.29, 1.82) is 0 Å². The molecular weight excluding hydrogens is 388 g/mol. The molecule has 0 saturated heterocycles. The fraction of sp³-hybridized carbons (Fsp3) is 0.125. The molecule has 2 aromatic carbocycles. The van der Waals surface area contributed by atoms with Crippen molar-refractivity contribution in [3.05, 3.63) is 89.4 Å². The van der Waals surface area contributed by atoms with Crippen LogP contribution >= 0.6 is 0 Å². The fourth-order valence-corrected chi connectivity index (χ4v) is 4.10. The van der Waals surface area contributed by atoms with Gasteiger partial charge in [0.1, 0.15) is 0 Å². The minimum atomic E-state index is -0.0112. The Hall–Kier alpha value is -4.13. The summed E-state index contributed by atoms with van der Waals surface area (Å²) in [7, 11) is 0. The molecule has 7 nitrogen and oxygen atoms in total. The second kappa shape index (κ2) is 6.98. The smallest absolute Gasteiger partial charge is 0.251 e. The maximum atomic E-state index is 12.0. The molecule has 31 heavy (non-hydrogen) atoms. The molecule has 3 aromatic heterocycles. The number of amides is 1. The number of nitrogens with zero attached hydrogens (tertiary/aromatic N) is 5. The Morgan fingerprint density at radius 1 is 1.00 bits per heavy atom. The highest BCUT2D eigenvalue weighted by Crippen LogP contribution is 2.24. The number of nitrogens with one attached hydrogen (secondary N) is 1. The second-order valence-electron chi connectivity index (χ2n) is 7.69. The van der Waals surface area contributed by atoms with Gasteiger partial charge >= 0.3 is 0 Å². The molecule has 0 bridgehead atoms. The van der Waals surface area contributed by atoms with Gasteiger partial charge in [-0.3, -0.25) is 9.78 Å². The number of benzene rings is 2. The molecule has 0 saturated carbocycles. The van der Waals surface area contributed by atoms with E-state index < -0.39 is 0 Å². The van der Waals surface area contributed by atoms with Gasteiger partial charge in [0.25, 0.3) is 5.91 Å². The van der Waals surface area contributed by atoms with Crippen molar-refractivity contribution < 1.29 is 4.79 Å². The second-order valence-corrected chi connectivity index (χ2v) is 7.69. The first-order valence-corrected chi connectivity index (χ1v) is 10.2. The maximum Gasteiger partial charge on any atom is 0.251 e. The number of hydrogen-bond donors (Lipinski definition) is 1. The van der Waals surface area contributed by atoms with Gasteiger partial charge in [-0.2, -0.15) is 9.61 Å². The Morgan fingerprint density at radius 3 is 2.94 bits per heavy atom. The molecule has 0 atom stereocenters. The lowest BCUT2D eigenvalue weighted by Crippen LogP contribution is -2.31. The highest BCUT2D eigenvalue weighted by atomic mass is 16.1. The van der Waals surface area contributed by atoms with Gasteiger partial charge in [-0.05, 0) is 60.0 Å². The number of pyridine rings is 1. The summed E-state index contributed by atoms with van der Waals surface area (Å²) in [5, 5.41) is 17.4. The van der Waals surface area contributed by atoms with Gasteiger partial charge in [-0.15, -0.1) is 10.2 Å². The lowest BCUT2D eigenvalue weighted by atomic mass is 9.97. The van der Waals surface area contributed by atoms with Crippen LogP contribution in [0.1, 0.15) is 27.3 Å². The monoisotopic (exact) mass is 406 g/mol. The van der Waals surface area contributed by atoms with E-state index in [1.807, 2.05) is 36.4 Å². The van der Waals surface area contributed by atoms with Crippen LogP contribution in [-0.2, 0) is 12.8 Å². The molecule has 1 aliphatic rings. The molecule has 0 spiro atoms. The van der Waals surface area contributed by atoms with E-state index in [0.29, 0.717) is 18.6 Å². The Balaban J connectivity index is 1.38. The number of carbonyl (C=O) groups excluding carboxylic acids is 1. The van der Waals surface area contributed by atoms with E-state index >= 15 is 0 Å². The Labute approximate surface area is 177 Å². The van der Waals surface area contributed by atoms with Crippen molar-refractivity contribution in [2.45, 2.75) is 12.8 Å². The first kappa shape index (κ1) is 17.7. The zero-order valence-electron chi connectivity index (χ0n) is 16.6. The summed E-state index contributed by atoms with van der Waals surface area (Å²) in [6.07, 6.45) is 3.24. The van der Waals surface area contributed by atoms with Crippen molar-refractivity contribution in [2.75, 3.05) is 6.54 Å². The van der Waals surface area contributed by atoms with Gasteiger partial charge in [-0.1, -0.05) is 18.2 Å². The van der Waals surface area contributed by atoms with Crippen LogP contribution in [0.2, 0.25) is 0 Å². The number of fused-ring (bicyclic) bond motifs is 3. The average Bonchev–Trinajstić information content (AvgIpc) is 3.21. The van der Waals surface area contributed by atoms with Gasteiger partial charge in [0.15, 0.2) is 11.5 Å². The molecule has 1 aliphatic heterocycles. The number of rotatable bonds is 3. The van der Waals surface area contributed by atoms with Gasteiger partial charge in [0.05, 0.1) is 11.2 Å². The normalized spacial score (nSPS) is 13.4. The van der Waals surface area contributed by atoms with Crippen LogP contribution in [0.5, 0.6) is 0 Å². The average molecular weight is 406 g/mol. The predicted octanol–water partition coefficient (Wildman–Crippen LogP) is 3.22. The molecule has 1 amide bonds. The summed E-state index contributed by atoms with van der Waals surface area (Å²) in [6, 6.07) is 20.0. The van der Waals surface area contributed by atoms with E-state index in [1.54, 1.807) is 10.7 Å². The molecule has 0 unspecified atom stereocenters. The summed E-state index contributed by atoms with van der Waals surface area (Å²) in [5.41, 5.74) is 6.40. The largest absolute Gasteiger partial charge is 0.352 e. The Bertz CT molecular complexity index is 1470. The lowest BCUT2D eigenvalue weighted by Gasteiger charge is -2.17. The SMILES string of the molecule is O=C1NCCc2cc(-c3ccc4nnc(Cc5ccc6ncccc6c5)n4n3)ccc21. The lowest BCUT2D eigenvalue weighted by molar-refractivity contribution is 0.0946. The van der Waals surface area contributed by atoms with E-state index in [4.69, 9.17) is 5.10 Å². The molecule has 0 aliphatic carbocycles. The van der Waals surface area contributed by atoms with Gasteiger partial charge < -0.3 is 5.32 Å². The first-order chi connectivity index (χ1) is 15.2. The van der Waals surface area contributed by atoms with Crippen LogP contribution in [0, 0.1) is 0 Å². The van der Waals surface area contributed by atoms with E-state index in [9.17, 15) is 4.79 Å². The minimum absolute atomic E-state index is 0.0112. The van der Waals surface area contributed by atoms with Crippen LogP contribution in [0.25, 0.3) is 27.8 Å². The number of aromatic nitrogens is 5. The van der Waals surface area contributed by atoms with Crippen LogP contribution in [0.4, 0.5) is 0 Å². The van der Waals surface area contributed by atoms with Crippen molar-refractivity contribution in [3.63, 3.8) is 0 Å². The molecule has 0 fully saturated rings. The van der Waals surface area contributed by atoms with E-state index in [1.165, 1.54) is 0 Å². The summed E-state index contributed by atoms with van der Waals surface area (Å²) in [5.74, 6) is 0.764. The quantitative estimate of drug-likeness (QED) is 0.497. The number of carbonyl (C=O) groups is 1. The van der Waals surface area contributed by atoms with Crippen molar-refractivity contribution in [2.24, 2.45) is 0 Å². The van der Waals surface area contributed by atoms with Crippen LogP contribution in [0.15, 0.2) is 66.9 Å². The van der Waals surface area contributed by atoms with Gasteiger partial charge in [-0.25, -0.2) is 0 Å². The van der Waals surface area contributed by atoms with E-state index in [2.05, 4.69) is 44.8 Å². The third-order valence-electron chi connectivity index (χ3n) is 5.68. The maximum absolute atomic E-state index is 12.0. The highest BCUT2D eigenvalue weighted by molar-refractivity contribution is 5.97. The molecule has 6 rings (SSSR count). The predicted molar refractivity (Wildman–Crippen MR) is 117 cm³/mol. The molecule has 4 heterocycles. The third-order valence-corrected chi connectivity index (χ3v) is 5.68. The standard InChI is InChI=1S/C24H18N6O/c31-24-19-5-4-18(14-16(19)9-11-26-24)21-7-8-22-27-28-23(30(22)29-21)13-15-3-6-20-17(12-15)2-1-10-25-20/h1-8,10,12,14H,9,11,13H2,(H,26,31). The minimum Gasteiger partial charge on any atom is -0.352 e. The van der Waals surface area contributed by atoms with Gasteiger partial charge in [0.2, 0.25) is 0 Å². The van der Waals surface area contributed by atoms with Gasteiger partial charge in [0, 0.05) is 35.7 Å². The number of hydrogen-bond acceptors (Lipinski definition) is 5. The fourth-order valence-electron chi connectivity index (χ4n) is 4.10. The van der Waals surface area contributed by atoms with Crippen molar-refractivity contribution >= 4 is 22.5 Å². The molecule has 1 N–H and O–H groups in total. The van der Waals surface area contributed by atoms with Crippen molar-refractivity contribution in [3.8, 4) is 11.3 Å². The van der Waals surface area contributed by atoms with E-state index in [0.717, 1.165) is 51.1 Å². The Morgan fingerprint density at radius 2 is 1.97 bits per heavy atom. The third kappa shape index (κ3) is 3.11.